The number of hydrogen-bond acceptors (Lipinski definition) is 5. The van der Waals surface area contributed by atoms with Gasteiger partial charge in [-0.25, -0.2) is 0 Å². The second-order valence-electron chi connectivity index (χ2n) is 8.46. The Hall–Kier alpha value is -2.67. The van der Waals surface area contributed by atoms with Gasteiger partial charge in [-0.05, 0) is 24.5 Å². The zero-order chi connectivity index (χ0) is 20.7. The molecule has 0 spiro atoms. The highest BCUT2D eigenvalue weighted by atomic mass is 16.5. The van der Waals surface area contributed by atoms with E-state index < -0.39 is 18.0 Å². The van der Waals surface area contributed by atoms with E-state index in [9.17, 15) is 14.4 Å². The Labute approximate surface area is 169 Å². The molecule has 2 aliphatic heterocycles. The van der Waals surface area contributed by atoms with E-state index in [0.717, 1.165) is 5.39 Å². The maximum Gasteiger partial charge on any atom is 0.287 e. The number of hydrogen-bond donors (Lipinski definition) is 1. The molecule has 2 aliphatic rings. The summed E-state index contributed by atoms with van der Waals surface area (Å²) in [6.45, 7) is 6.46. The fraction of sp³-hybridized carbons (Fsp3) is 0.500. The summed E-state index contributed by atoms with van der Waals surface area (Å²) >= 11 is 0. The lowest BCUT2D eigenvalue weighted by Gasteiger charge is -2.28. The lowest BCUT2D eigenvalue weighted by atomic mass is 10.0. The highest BCUT2D eigenvalue weighted by Crippen LogP contribution is 2.32. The zero-order valence-corrected chi connectivity index (χ0v) is 16.9. The Balaban J connectivity index is 1.54. The number of benzene rings is 1. The van der Waals surface area contributed by atoms with E-state index >= 15 is 0 Å². The van der Waals surface area contributed by atoms with Crippen LogP contribution >= 0.6 is 0 Å². The third-order valence-electron chi connectivity index (χ3n) is 5.68. The molecule has 0 radical (unpaired) electrons. The molecule has 1 N–H and O–H groups in total. The van der Waals surface area contributed by atoms with Crippen molar-refractivity contribution in [2.45, 2.75) is 45.4 Å². The number of Topliss-reactive ketones (excluding diaryl/α,β-unsaturated/α-hetero) is 1. The van der Waals surface area contributed by atoms with E-state index in [4.69, 9.17) is 9.15 Å². The van der Waals surface area contributed by atoms with Crippen molar-refractivity contribution in [2.75, 3.05) is 13.2 Å². The van der Waals surface area contributed by atoms with Gasteiger partial charge in [0.2, 0.25) is 5.91 Å². The molecule has 3 unspecified atom stereocenters. The van der Waals surface area contributed by atoms with Gasteiger partial charge < -0.3 is 19.4 Å². The first-order valence-corrected chi connectivity index (χ1v) is 10.1. The fourth-order valence-electron chi connectivity index (χ4n) is 4.34. The van der Waals surface area contributed by atoms with Gasteiger partial charge in [-0.1, -0.05) is 39.0 Å². The summed E-state index contributed by atoms with van der Waals surface area (Å²) in [5.41, 5.74) is 0.620. The number of fused-ring (bicyclic) bond motifs is 2. The van der Waals surface area contributed by atoms with Crippen molar-refractivity contribution < 1.29 is 23.5 Å². The van der Waals surface area contributed by atoms with Crippen LogP contribution in [-0.4, -0.2) is 53.8 Å². The van der Waals surface area contributed by atoms with Gasteiger partial charge in [-0.3, -0.25) is 14.4 Å². The minimum absolute atomic E-state index is 0.0453. The van der Waals surface area contributed by atoms with E-state index in [0.29, 0.717) is 18.5 Å². The first kappa shape index (κ1) is 19.6. The summed E-state index contributed by atoms with van der Waals surface area (Å²) < 4.78 is 11.2. The molecule has 7 nitrogen and oxygen atoms in total. The van der Waals surface area contributed by atoms with Gasteiger partial charge in [-0.15, -0.1) is 0 Å². The average molecular weight is 398 g/mol. The van der Waals surface area contributed by atoms with Gasteiger partial charge in [0.25, 0.3) is 5.91 Å². The quantitative estimate of drug-likeness (QED) is 0.835. The molecule has 29 heavy (non-hydrogen) atoms. The first-order chi connectivity index (χ1) is 13.8. The Bertz CT molecular complexity index is 917. The second-order valence-corrected chi connectivity index (χ2v) is 8.46. The van der Waals surface area contributed by atoms with Gasteiger partial charge in [0.05, 0.1) is 6.10 Å². The SMILES string of the molecule is CC(C)C[C@H](NC(=O)c1cc2ccccc2o1)C(=O)N1CC(C)C2OCC(=O)C21. The van der Waals surface area contributed by atoms with Crippen LogP contribution in [0.3, 0.4) is 0 Å². The number of amides is 2. The Kier molecular flexibility index (Phi) is 5.17. The van der Waals surface area contributed by atoms with Crippen molar-refractivity contribution in [3.8, 4) is 0 Å². The number of rotatable bonds is 5. The van der Waals surface area contributed by atoms with Crippen LogP contribution in [0.1, 0.15) is 37.7 Å². The predicted octanol–water partition coefficient (Wildman–Crippen LogP) is 2.39. The summed E-state index contributed by atoms with van der Waals surface area (Å²) in [7, 11) is 0. The summed E-state index contributed by atoms with van der Waals surface area (Å²) in [5.74, 6) is -0.299. The highest BCUT2D eigenvalue weighted by molar-refractivity contribution is 6.00. The van der Waals surface area contributed by atoms with Crippen molar-refractivity contribution in [3.05, 3.63) is 36.1 Å². The van der Waals surface area contributed by atoms with Gasteiger partial charge >= 0.3 is 0 Å². The van der Waals surface area contributed by atoms with Crippen molar-refractivity contribution in [3.63, 3.8) is 0 Å². The molecule has 2 amide bonds. The Morgan fingerprint density at radius 1 is 1.28 bits per heavy atom. The van der Waals surface area contributed by atoms with E-state index in [2.05, 4.69) is 5.32 Å². The largest absolute Gasteiger partial charge is 0.451 e. The molecule has 154 valence electrons. The van der Waals surface area contributed by atoms with Crippen LogP contribution in [0.25, 0.3) is 11.0 Å². The third kappa shape index (κ3) is 3.67. The normalized spacial score (nSPS) is 24.9. The van der Waals surface area contributed by atoms with Crippen LogP contribution < -0.4 is 5.32 Å². The lowest BCUT2D eigenvalue weighted by Crippen LogP contribution is -2.52. The van der Waals surface area contributed by atoms with E-state index in [1.54, 1.807) is 17.0 Å². The van der Waals surface area contributed by atoms with Crippen molar-refractivity contribution in [1.82, 2.24) is 10.2 Å². The van der Waals surface area contributed by atoms with E-state index in [-0.39, 0.29) is 42.0 Å². The number of para-hydroxylation sites is 1. The number of ketones is 1. The number of furan rings is 1. The standard InChI is InChI=1S/C22H26N2O5/c1-12(2)8-15(22(27)24-10-13(3)20-19(24)16(25)11-28-20)23-21(26)18-9-14-6-4-5-7-17(14)29-18/h4-7,9,12-13,15,19-20H,8,10-11H2,1-3H3,(H,23,26)/t13?,15-,19?,20?/m0/s1. The summed E-state index contributed by atoms with van der Waals surface area (Å²) in [6.07, 6.45) is 0.222. The molecular weight excluding hydrogens is 372 g/mol. The Morgan fingerprint density at radius 2 is 2.03 bits per heavy atom. The molecule has 0 saturated carbocycles. The lowest BCUT2D eigenvalue weighted by molar-refractivity contribution is -0.138. The first-order valence-electron chi connectivity index (χ1n) is 10.1. The maximum absolute atomic E-state index is 13.3. The van der Waals surface area contributed by atoms with Gasteiger partial charge in [0.1, 0.15) is 24.3 Å². The summed E-state index contributed by atoms with van der Waals surface area (Å²) in [6, 6.07) is 7.76. The molecule has 4 atom stereocenters. The molecule has 4 rings (SSSR count). The van der Waals surface area contributed by atoms with Crippen LogP contribution in [0.4, 0.5) is 0 Å². The molecule has 7 heteroatoms. The summed E-state index contributed by atoms with van der Waals surface area (Å²) in [4.78, 5) is 40.0. The average Bonchev–Trinajstić information content (AvgIpc) is 3.36. The van der Waals surface area contributed by atoms with Gasteiger partial charge in [0.15, 0.2) is 11.5 Å². The Morgan fingerprint density at radius 3 is 2.76 bits per heavy atom. The second kappa shape index (κ2) is 7.63. The highest BCUT2D eigenvalue weighted by Gasteiger charge is 2.51. The monoisotopic (exact) mass is 398 g/mol. The fourth-order valence-corrected chi connectivity index (χ4v) is 4.34. The van der Waals surface area contributed by atoms with Gasteiger partial charge in [0, 0.05) is 17.8 Å². The van der Waals surface area contributed by atoms with Crippen LogP contribution in [0.2, 0.25) is 0 Å². The number of carbonyl (C=O) groups is 3. The van der Waals surface area contributed by atoms with Crippen molar-refractivity contribution in [1.29, 1.82) is 0 Å². The van der Waals surface area contributed by atoms with Crippen LogP contribution in [0.5, 0.6) is 0 Å². The predicted molar refractivity (Wildman–Crippen MR) is 106 cm³/mol. The number of carbonyl (C=O) groups excluding carboxylic acids is 3. The number of ether oxygens (including phenoxy) is 1. The summed E-state index contributed by atoms with van der Waals surface area (Å²) in [5, 5.41) is 3.66. The van der Waals surface area contributed by atoms with Crippen LogP contribution in [0.15, 0.2) is 34.7 Å². The van der Waals surface area contributed by atoms with Gasteiger partial charge in [-0.2, -0.15) is 0 Å². The topological polar surface area (TPSA) is 88.8 Å². The molecule has 1 aromatic carbocycles. The molecule has 2 aromatic rings. The van der Waals surface area contributed by atoms with Crippen LogP contribution in [-0.2, 0) is 14.3 Å². The van der Waals surface area contributed by atoms with Crippen molar-refractivity contribution in [2.24, 2.45) is 11.8 Å². The number of nitrogens with zero attached hydrogens (tertiary/aromatic N) is 1. The molecule has 0 bridgehead atoms. The maximum atomic E-state index is 13.3. The zero-order valence-electron chi connectivity index (χ0n) is 16.9. The minimum Gasteiger partial charge on any atom is -0.451 e. The third-order valence-corrected chi connectivity index (χ3v) is 5.68. The molecule has 1 aromatic heterocycles. The molecular formula is C22H26N2O5. The van der Waals surface area contributed by atoms with Crippen LogP contribution in [0, 0.1) is 11.8 Å². The van der Waals surface area contributed by atoms with Crippen molar-refractivity contribution >= 4 is 28.6 Å². The molecule has 2 saturated heterocycles. The molecule has 2 fully saturated rings. The molecule has 3 heterocycles. The molecule has 0 aliphatic carbocycles. The number of likely N-dealkylation sites (tertiary alicyclic amines) is 1. The van der Waals surface area contributed by atoms with E-state index in [1.165, 1.54) is 0 Å². The number of nitrogens with one attached hydrogen (secondary N) is 1. The smallest absolute Gasteiger partial charge is 0.287 e. The minimum atomic E-state index is -0.727. The van der Waals surface area contributed by atoms with E-state index in [1.807, 2.05) is 39.0 Å².